The monoisotopic (exact) mass is 429 g/mol. The SMILES string of the molecule is [2H]c1c(C)[n+](C)c(-c2cc(C)c(F)c(C)c2C)c2ccc([Si](C)(C)c3ccccc3)cc12. The third kappa shape index (κ3) is 3.51. The lowest BCUT2D eigenvalue weighted by molar-refractivity contribution is -0.665. The van der Waals surface area contributed by atoms with Crippen LogP contribution in [0, 0.1) is 33.5 Å². The molecule has 0 amide bonds. The van der Waals surface area contributed by atoms with Gasteiger partial charge < -0.3 is 0 Å². The van der Waals surface area contributed by atoms with E-state index >= 15 is 0 Å². The zero-order valence-corrected chi connectivity index (χ0v) is 20.5. The van der Waals surface area contributed by atoms with Crippen LogP contribution in [0.4, 0.5) is 4.39 Å². The maximum Gasteiger partial charge on any atom is 0.220 e. The average molecular weight is 430 g/mol. The van der Waals surface area contributed by atoms with Crippen molar-refractivity contribution in [3.8, 4) is 11.3 Å². The highest BCUT2D eigenvalue weighted by Crippen LogP contribution is 2.32. The van der Waals surface area contributed by atoms with Crippen LogP contribution in [0.3, 0.4) is 0 Å². The minimum Gasteiger partial charge on any atom is -0.206 e. The Morgan fingerprint density at radius 2 is 1.55 bits per heavy atom. The molecule has 4 rings (SSSR count). The summed E-state index contributed by atoms with van der Waals surface area (Å²) in [6.07, 6.45) is 0. The molecule has 3 aromatic carbocycles. The lowest BCUT2D eigenvalue weighted by Gasteiger charge is -2.24. The molecule has 1 nitrogen and oxygen atoms in total. The van der Waals surface area contributed by atoms with Crippen LogP contribution >= 0.6 is 0 Å². The van der Waals surface area contributed by atoms with Crippen LogP contribution in [0.15, 0.2) is 60.6 Å². The van der Waals surface area contributed by atoms with Crippen molar-refractivity contribution in [1.82, 2.24) is 0 Å². The molecule has 4 aromatic rings. The van der Waals surface area contributed by atoms with Crippen molar-refractivity contribution in [2.24, 2.45) is 7.05 Å². The van der Waals surface area contributed by atoms with Crippen molar-refractivity contribution in [3.05, 3.63) is 88.8 Å². The van der Waals surface area contributed by atoms with Gasteiger partial charge in [0.1, 0.15) is 20.9 Å². The first-order valence-corrected chi connectivity index (χ1v) is 13.8. The summed E-state index contributed by atoms with van der Waals surface area (Å²) in [5, 5.41) is 4.69. The number of halogens is 1. The smallest absolute Gasteiger partial charge is 0.206 e. The van der Waals surface area contributed by atoms with E-state index in [2.05, 4.69) is 66.2 Å². The molecule has 1 aromatic heterocycles. The van der Waals surface area contributed by atoms with Crippen molar-refractivity contribution in [1.29, 1.82) is 0 Å². The van der Waals surface area contributed by atoms with Gasteiger partial charge in [0.15, 0.2) is 5.69 Å². The highest BCUT2D eigenvalue weighted by molar-refractivity contribution is 7.00. The molecule has 0 aliphatic carbocycles. The van der Waals surface area contributed by atoms with Gasteiger partial charge in [-0.1, -0.05) is 65.9 Å². The van der Waals surface area contributed by atoms with Gasteiger partial charge in [0.25, 0.3) is 0 Å². The van der Waals surface area contributed by atoms with Crippen molar-refractivity contribution in [3.63, 3.8) is 0 Å². The lowest BCUT2D eigenvalue weighted by atomic mass is 9.93. The van der Waals surface area contributed by atoms with Gasteiger partial charge in [-0.05, 0) is 55.0 Å². The fourth-order valence-corrected chi connectivity index (χ4v) is 6.88. The van der Waals surface area contributed by atoms with Gasteiger partial charge in [0.05, 0.1) is 12.3 Å². The molecular weight excluding hydrogens is 397 g/mol. The van der Waals surface area contributed by atoms with E-state index in [1.807, 2.05) is 40.8 Å². The fourth-order valence-electron chi connectivity index (χ4n) is 4.51. The van der Waals surface area contributed by atoms with E-state index in [0.717, 1.165) is 33.3 Å². The molecule has 0 bridgehead atoms. The molecule has 0 unspecified atom stereocenters. The summed E-state index contributed by atoms with van der Waals surface area (Å²) in [5.41, 5.74) is 5.27. The number of nitrogens with zero attached hydrogens (tertiary/aromatic N) is 1. The van der Waals surface area contributed by atoms with Crippen LogP contribution in [-0.2, 0) is 7.05 Å². The molecule has 158 valence electrons. The maximum absolute atomic E-state index is 14.6. The Bertz CT molecular complexity index is 1360. The summed E-state index contributed by atoms with van der Waals surface area (Å²) in [4.78, 5) is 0. The van der Waals surface area contributed by atoms with Crippen LogP contribution in [0.2, 0.25) is 13.1 Å². The second kappa shape index (κ2) is 7.72. The second-order valence-corrected chi connectivity index (χ2v) is 13.6. The minimum atomic E-state index is -1.90. The molecule has 0 atom stereocenters. The predicted molar refractivity (Wildman–Crippen MR) is 133 cm³/mol. The number of aromatic nitrogens is 1. The molecule has 0 aliphatic heterocycles. The van der Waals surface area contributed by atoms with E-state index in [1.54, 1.807) is 0 Å². The first kappa shape index (κ1) is 20.1. The Labute approximate surface area is 187 Å². The summed E-state index contributed by atoms with van der Waals surface area (Å²) in [5.74, 6) is -0.134. The van der Waals surface area contributed by atoms with Crippen molar-refractivity contribution >= 4 is 29.2 Å². The molecule has 31 heavy (non-hydrogen) atoms. The molecular formula is C28H31FNSi+. The van der Waals surface area contributed by atoms with E-state index in [0.29, 0.717) is 17.2 Å². The number of hydrogen-bond acceptors (Lipinski definition) is 0. The van der Waals surface area contributed by atoms with Gasteiger partial charge in [0, 0.05) is 13.0 Å². The van der Waals surface area contributed by atoms with Gasteiger partial charge in [-0.15, -0.1) is 0 Å². The maximum atomic E-state index is 14.6. The summed E-state index contributed by atoms with van der Waals surface area (Å²) in [7, 11) is 0.107. The molecule has 0 N–H and O–H groups in total. The van der Waals surface area contributed by atoms with E-state index in [-0.39, 0.29) is 5.82 Å². The van der Waals surface area contributed by atoms with Crippen LogP contribution in [0.1, 0.15) is 23.8 Å². The largest absolute Gasteiger partial charge is 0.220 e. The predicted octanol–water partition coefficient (Wildman–Crippen LogP) is 5.53. The van der Waals surface area contributed by atoms with Crippen molar-refractivity contribution in [2.45, 2.75) is 40.8 Å². The molecule has 0 saturated carbocycles. The molecule has 0 radical (unpaired) electrons. The van der Waals surface area contributed by atoms with Crippen LogP contribution in [0.25, 0.3) is 22.0 Å². The third-order valence-corrected chi connectivity index (χ3v) is 10.4. The van der Waals surface area contributed by atoms with E-state index in [1.165, 1.54) is 10.4 Å². The van der Waals surface area contributed by atoms with Crippen molar-refractivity contribution < 1.29 is 10.3 Å². The highest BCUT2D eigenvalue weighted by atomic mass is 28.3. The van der Waals surface area contributed by atoms with Crippen LogP contribution in [-0.4, -0.2) is 8.07 Å². The van der Waals surface area contributed by atoms with Gasteiger partial charge >= 0.3 is 0 Å². The molecule has 0 fully saturated rings. The quantitative estimate of drug-likeness (QED) is 0.298. The standard InChI is InChI=1S/C28H31FNSi/c1-18-15-26(20(3)21(4)27(18)29)28-25-14-13-24(17-22(25)16-19(2)30(28)5)31(6,7)23-11-9-8-10-12-23/h8-17H,1-7H3/q+1/i16D. The minimum absolute atomic E-state index is 0.134. The fraction of sp³-hybridized carbons (Fsp3) is 0.250. The number of fused-ring (bicyclic) bond motifs is 1. The topological polar surface area (TPSA) is 3.88 Å². The van der Waals surface area contributed by atoms with Crippen LogP contribution < -0.4 is 14.9 Å². The molecule has 3 heteroatoms. The Balaban J connectivity index is 2.04. The Kier molecular flexibility index (Phi) is 5.02. The molecule has 0 spiro atoms. The number of rotatable bonds is 3. The third-order valence-electron chi connectivity index (χ3n) is 6.90. The van der Waals surface area contributed by atoms with E-state index in [4.69, 9.17) is 1.37 Å². The second-order valence-electron chi connectivity index (χ2n) is 9.17. The number of aryl methyl sites for hydroxylation is 1. The van der Waals surface area contributed by atoms with Gasteiger partial charge in [-0.25, -0.2) is 4.39 Å². The summed E-state index contributed by atoms with van der Waals surface area (Å²) >= 11 is 0. The van der Waals surface area contributed by atoms with Crippen molar-refractivity contribution in [2.75, 3.05) is 0 Å². The first-order valence-electron chi connectivity index (χ1n) is 11.3. The number of pyridine rings is 1. The van der Waals surface area contributed by atoms with E-state index < -0.39 is 8.07 Å². The Hall–Kier alpha value is -2.78. The zero-order valence-electron chi connectivity index (χ0n) is 20.5. The number of benzene rings is 3. The van der Waals surface area contributed by atoms with E-state index in [9.17, 15) is 4.39 Å². The lowest BCUT2D eigenvalue weighted by Crippen LogP contribution is -2.52. The molecule has 1 heterocycles. The normalized spacial score (nSPS) is 12.3. The molecule has 0 aliphatic rings. The average Bonchev–Trinajstić information content (AvgIpc) is 2.79. The Morgan fingerprint density at radius 1 is 0.871 bits per heavy atom. The first-order chi connectivity index (χ1) is 15.1. The zero-order chi connectivity index (χ0) is 23.4. The summed E-state index contributed by atoms with van der Waals surface area (Å²) in [6.45, 7) is 12.4. The van der Waals surface area contributed by atoms with Gasteiger partial charge in [0.2, 0.25) is 5.69 Å². The molecule has 0 saturated heterocycles. The van der Waals surface area contributed by atoms with Gasteiger partial charge in [-0.3, -0.25) is 0 Å². The number of hydrogen-bond donors (Lipinski definition) is 0. The van der Waals surface area contributed by atoms with Crippen LogP contribution in [0.5, 0.6) is 0 Å². The van der Waals surface area contributed by atoms with Gasteiger partial charge in [-0.2, -0.15) is 4.57 Å². The summed E-state index contributed by atoms with van der Waals surface area (Å²) in [6, 6.07) is 19.8. The summed E-state index contributed by atoms with van der Waals surface area (Å²) < 4.78 is 25.5. The Morgan fingerprint density at radius 3 is 2.23 bits per heavy atom. The highest BCUT2D eigenvalue weighted by Gasteiger charge is 2.28.